The van der Waals surface area contributed by atoms with Crippen LogP contribution in [0.15, 0.2) is 91.0 Å². The number of para-hydroxylation sites is 2. The number of aromatic nitrogens is 2. The minimum Gasteiger partial charge on any atom is -0.368 e. The van der Waals surface area contributed by atoms with Crippen LogP contribution in [0, 0.1) is 20.8 Å². The van der Waals surface area contributed by atoms with E-state index in [0.29, 0.717) is 0 Å². The number of benzene rings is 4. The summed E-state index contributed by atoms with van der Waals surface area (Å²) in [4.78, 5) is 5.02. The molecule has 1 aromatic heterocycles. The summed E-state index contributed by atoms with van der Waals surface area (Å²) < 4.78 is 2.24. The summed E-state index contributed by atoms with van der Waals surface area (Å²) in [5.41, 5.74) is 10.7. The highest BCUT2D eigenvalue weighted by atomic mass is 15.0. The molecule has 0 atom stereocenters. The quantitative estimate of drug-likeness (QED) is 0.335. The summed E-state index contributed by atoms with van der Waals surface area (Å²) >= 11 is 0. The summed E-state index contributed by atoms with van der Waals surface area (Å²) in [5, 5.41) is 0. The van der Waals surface area contributed by atoms with Crippen LogP contribution in [0.1, 0.15) is 16.7 Å². The normalized spacial score (nSPS) is 11.1. The van der Waals surface area contributed by atoms with Gasteiger partial charge in [0.1, 0.15) is 5.82 Å². The van der Waals surface area contributed by atoms with E-state index in [1.165, 1.54) is 33.3 Å². The SMILES string of the molecule is Cc1cc(C)c([B]n2c(-c3cccc(-c4ccccc4)c3)nc3ccccc32)c(C)c1. The molecule has 3 heteroatoms. The Bertz CT molecular complexity index is 1360. The Morgan fingerprint density at radius 3 is 2.06 bits per heavy atom. The number of hydrogen-bond donors (Lipinski definition) is 0. The van der Waals surface area contributed by atoms with Crippen LogP contribution in [0.4, 0.5) is 0 Å². The molecule has 149 valence electrons. The van der Waals surface area contributed by atoms with Crippen molar-refractivity contribution in [3.05, 3.63) is 108 Å². The molecular weight excluding hydrogens is 375 g/mol. The molecule has 2 nitrogen and oxygen atoms in total. The van der Waals surface area contributed by atoms with E-state index in [1.54, 1.807) is 0 Å². The van der Waals surface area contributed by atoms with Crippen LogP contribution in [-0.2, 0) is 0 Å². The van der Waals surface area contributed by atoms with Gasteiger partial charge < -0.3 is 4.48 Å². The fraction of sp³-hybridized carbons (Fsp3) is 0.107. The molecular formula is C28H24BN2. The van der Waals surface area contributed by atoms with Gasteiger partial charge in [-0.2, -0.15) is 0 Å². The maximum absolute atomic E-state index is 5.02. The Balaban J connectivity index is 1.68. The molecule has 4 aromatic carbocycles. The van der Waals surface area contributed by atoms with Crippen molar-refractivity contribution < 1.29 is 0 Å². The zero-order valence-electron chi connectivity index (χ0n) is 18.1. The third-order valence-corrected chi connectivity index (χ3v) is 5.82. The summed E-state index contributed by atoms with van der Waals surface area (Å²) in [6.07, 6.45) is 0. The highest BCUT2D eigenvalue weighted by molar-refractivity contribution is 6.54. The standard InChI is InChI=1S/C28H24BN2/c1-19-16-20(2)27(21(3)17-19)29-31-26-15-8-7-14-25(26)30-28(31)24-13-9-12-23(18-24)22-10-5-4-6-11-22/h4-18H,1-3H3. The maximum Gasteiger partial charge on any atom is 0.293 e. The van der Waals surface area contributed by atoms with Crippen LogP contribution in [0.5, 0.6) is 0 Å². The smallest absolute Gasteiger partial charge is 0.293 e. The Kier molecular flexibility index (Phi) is 4.95. The lowest BCUT2D eigenvalue weighted by Crippen LogP contribution is -2.28. The molecule has 0 spiro atoms. The Labute approximate surface area is 184 Å². The average Bonchev–Trinajstić information content (AvgIpc) is 3.15. The summed E-state index contributed by atoms with van der Waals surface area (Å²) in [5.74, 6) is 0.957. The van der Waals surface area contributed by atoms with Crippen molar-refractivity contribution in [2.24, 2.45) is 0 Å². The molecule has 1 radical (unpaired) electrons. The molecule has 0 saturated carbocycles. The van der Waals surface area contributed by atoms with Gasteiger partial charge >= 0.3 is 0 Å². The molecule has 0 N–H and O–H groups in total. The lowest BCUT2D eigenvalue weighted by Gasteiger charge is -2.14. The van der Waals surface area contributed by atoms with Crippen molar-refractivity contribution >= 4 is 23.9 Å². The Morgan fingerprint density at radius 1 is 0.645 bits per heavy atom. The predicted octanol–water partition coefficient (Wildman–Crippen LogP) is 6.09. The van der Waals surface area contributed by atoms with Crippen LogP contribution in [-0.4, -0.2) is 16.9 Å². The number of aryl methyl sites for hydroxylation is 3. The van der Waals surface area contributed by atoms with Crippen LogP contribution in [0.2, 0.25) is 0 Å². The predicted molar refractivity (Wildman–Crippen MR) is 132 cm³/mol. The molecule has 0 bridgehead atoms. The van der Waals surface area contributed by atoms with Gasteiger partial charge in [-0.1, -0.05) is 94.9 Å². The van der Waals surface area contributed by atoms with Gasteiger partial charge in [0.2, 0.25) is 0 Å². The topological polar surface area (TPSA) is 17.8 Å². The molecule has 0 aliphatic rings. The molecule has 5 aromatic rings. The molecule has 0 saturated heterocycles. The molecule has 0 amide bonds. The Hall–Kier alpha value is -3.59. The van der Waals surface area contributed by atoms with E-state index in [-0.39, 0.29) is 0 Å². The van der Waals surface area contributed by atoms with Gasteiger partial charge in [-0.25, -0.2) is 4.98 Å². The summed E-state index contributed by atoms with van der Waals surface area (Å²) in [6.45, 7) is 6.51. The fourth-order valence-corrected chi connectivity index (χ4v) is 4.37. The van der Waals surface area contributed by atoms with E-state index in [0.717, 1.165) is 22.4 Å². The number of imidazole rings is 1. The van der Waals surface area contributed by atoms with E-state index in [4.69, 9.17) is 4.98 Å². The minimum absolute atomic E-state index is 0.957. The van der Waals surface area contributed by atoms with Gasteiger partial charge in [-0.3, -0.25) is 0 Å². The molecule has 5 rings (SSSR count). The fourth-order valence-electron chi connectivity index (χ4n) is 4.37. The summed E-state index contributed by atoms with van der Waals surface area (Å²) in [6, 6.07) is 32.0. The lowest BCUT2D eigenvalue weighted by molar-refractivity contribution is 1.23. The van der Waals surface area contributed by atoms with Gasteiger partial charge in [0, 0.05) is 5.56 Å². The van der Waals surface area contributed by atoms with Crippen molar-refractivity contribution in [3.8, 4) is 22.5 Å². The minimum atomic E-state index is 0.957. The van der Waals surface area contributed by atoms with Gasteiger partial charge in [-0.05, 0) is 50.1 Å². The monoisotopic (exact) mass is 399 g/mol. The second kappa shape index (κ2) is 7.92. The molecule has 0 aliphatic carbocycles. The molecule has 31 heavy (non-hydrogen) atoms. The third kappa shape index (κ3) is 3.68. The number of nitrogens with zero attached hydrogens (tertiary/aromatic N) is 2. The van der Waals surface area contributed by atoms with Gasteiger partial charge in [0.05, 0.1) is 11.0 Å². The molecule has 0 aliphatic heterocycles. The van der Waals surface area contributed by atoms with Gasteiger partial charge in [-0.15, -0.1) is 0 Å². The van der Waals surface area contributed by atoms with Crippen LogP contribution >= 0.6 is 0 Å². The van der Waals surface area contributed by atoms with Crippen LogP contribution < -0.4 is 5.46 Å². The van der Waals surface area contributed by atoms with E-state index in [1.807, 2.05) is 12.1 Å². The average molecular weight is 399 g/mol. The van der Waals surface area contributed by atoms with Crippen molar-refractivity contribution in [1.29, 1.82) is 0 Å². The molecule has 1 heterocycles. The van der Waals surface area contributed by atoms with E-state index in [2.05, 4.69) is 112 Å². The maximum atomic E-state index is 5.02. The first-order valence-corrected chi connectivity index (χ1v) is 10.7. The van der Waals surface area contributed by atoms with E-state index in [9.17, 15) is 0 Å². The molecule has 0 fully saturated rings. The highest BCUT2D eigenvalue weighted by Gasteiger charge is 2.17. The second-order valence-corrected chi connectivity index (χ2v) is 8.18. The second-order valence-electron chi connectivity index (χ2n) is 8.18. The van der Waals surface area contributed by atoms with Crippen molar-refractivity contribution in [1.82, 2.24) is 9.46 Å². The lowest BCUT2D eigenvalue weighted by atomic mass is 9.75. The molecule has 0 unspecified atom stereocenters. The number of fused-ring (bicyclic) bond motifs is 1. The number of hydrogen-bond acceptors (Lipinski definition) is 1. The first-order chi connectivity index (χ1) is 15.1. The first-order valence-electron chi connectivity index (χ1n) is 10.7. The van der Waals surface area contributed by atoms with Gasteiger partial charge in [0.25, 0.3) is 7.41 Å². The van der Waals surface area contributed by atoms with Gasteiger partial charge in [0.15, 0.2) is 0 Å². The summed E-state index contributed by atoms with van der Waals surface area (Å²) in [7, 11) is 2.24. The van der Waals surface area contributed by atoms with E-state index < -0.39 is 0 Å². The van der Waals surface area contributed by atoms with Crippen molar-refractivity contribution in [2.75, 3.05) is 0 Å². The number of rotatable bonds is 4. The first kappa shape index (κ1) is 19.4. The van der Waals surface area contributed by atoms with Crippen LogP contribution in [0.25, 0.3) is 33.5 Å². The zero-order chi connectivity index (χ0) is 21.4. The zero-order valence-corrected chi connectivity index (χ0v) is 18.1. The van der Waals surface area contributed by atoms with Crippen LogP contribution in [0.3, 0.4) is 0 Å². The largest absolute Gasteiger partial charge is 0.368 e. The Morgan fingerprint density at radius 2 is 1.29 bits per heavy atom. The highest BCUT2D eigenvalue weighted by Crippen LogP contribution is 2.28. The van der Waals surface area contributed by atoms with E-state index >= 15 is 0 Å². The third-order valence-electron chi connectivity index (χ3n) is 5.82. The van der Waals surface area contributed by atoms with Crippen molar-refractivity contribution in [2.45, 2.75) is 20.8 Å². The van der Waals surface area contributed by atoms with Crippen molar-refractivity contribution in [3.63, 3.8) is 0 Å².